The molecule has 0 fully saturated rings. The first-order chi connectivity index (χ1) is 33.7. The third-order valence-electron chi connectivity index (χ3n) is 11.5. The van der Waals surface area contributed by atoms with Crippen LogP contribution in [-0.2, 0) is 0 Å². The Hall–Kier alpha value is -6.16. The van der Waals surface area contributed by atoms with Crippen molar-refractivity contribution in [3.05, 3.63) is 232 Å². The molecule has 0 amide bonds. The molecule has 6 rings (SSSR count). The largest absolute Gasteiger partial charge is 0.120 e. The fourth-order valence-corrected chi connectivity index (χ4v) is 7.74. The second kappa shape index (κ2) is 38.7. The Bertz CT molecular complexity index is 2430. The molecule has 5 aromatic carbocycles. The molecule has 0 nitrogen and oxygen atoms in total. The van der Waals surface area contributed by atoms with Crippen LogP contribution in [0.3, 0.4) is 0 Å². The van der Waals surface area contributed by atoms with Crippen LogP contribution in [0.15, 0.2) is 182 Å². The second-order valence-corrected chi connectivity index (χ2v) is 17.6. The maximum absolute atomic E-state index is 4.60. The van der Waals surface area contributed by atoms with E-state index in [-0.39, 0.29) is 0 Å². The maximum Gasteiger partial charge on any atom is -0.00297 e. The third-order valence-corrected chi connectivity index (χ3v) is 11.5. The zero-order valence-electron chi connectivity index (χ0n) is 47.0. The zero-order chi connectivity index (χ0) is 52.9. The standard InChI is InChI=1S/C24H30.C15H20.C14H16.C9H10.C3H8.C3H4.C2H6/c1-6-11-22(16-20(5)21-12-9-8-10-13-21)24-15-18(3)14-23(17-24)19(4)7-2;1-5-9-12(3)14(6-2)15-11-8-7-10-13(15)4;1-11-7-3-5-9-13(11)14-10-6-4-8-12(14)2;1-8(2)9-6-4-3-5-7-9;2*1-3-2;1-2/h8-10,12-17,19H,5-7,11H2,1-4H3;5,7-11H,6H2,1-4H3;3-5,7-9H,6,10H2,1-2H3;3-7H,1H2,2H3;3H2,1-2H3;1H,2H3;1-2H3/b22-16+;9-5-,14-12+;;;;;. The quantitative estimate of drug-likeness (QED) is 0.0864. The number of hydrogen-bond donors (Lipinski definition) is 0. The molecule has 0 saturated heterocycles. The lowest BCUT2D eigenvalue weighted by molar-refractivity contribution is 0.732. The molecule has 0 bridgehead atoms. The van der Waals surface area contributed by atoms with Gasteiger partial charge in [-0.05, 0) is 171 Å². The maximum atomic E-state index is 4.60. The summed E-state index contributed by atoms with van der Waals surface area (Å²) >= 11 is 0. The molecule has 0 heteroatoms. The lowest BCUT2D eigenvalue weighted by atomic mass is 9.90. The predicted molar refractivity (Wildman–Crippen MR) is 322 cm³/mol. The number of rotatable bonds is 12. The van der Waals surface area contributed by atoms with Gasteiger partial charge in [-0.15, -0.1) is 12.3 Å². The van der Waals surface area contributed by atoms with Crippen LogP contribution in [0.2, 0.25) is 0 Å². The normalized spacial score (nSPS) is 12.1. The van der Waals surface area contributed by atoms with Crippen LogP contribution in [0.5, 0.6) is 0 Å². The fourth-order valence-electron chi connectivity index (χ4n) is 7.74. The van der Waals surface area contributed by atoms with E-state index in [0.29, 0.717) is 5.92 Å². The van der Waals surface area contributed by atoms with Crippen LogP contribution >= 0.6 is 0 Å². The summed E-state index contributed by atoms with van der Waals surface area (Å²) in [6.07, 6.45) is 23.8. The van der Waals surface area contributed by atoms with Gasteiger partial charge in [0.15, 0.2) is 0 Å². The molecule has 0 aromatic heterocycles. The number of aryl methyl sites for hydroxylation is 3. The summed E-state index contributed by atoms with van der Waals surface area (Å²) in [7, 11) is 0. The first-order valence-electron chi connectivity index (χ1n) is 26.1. The van der Waals surface area contributed by atoms with E-state index in [1.807, 2.05) is 45.0 Å². The molecule has 1 aliphatic carbocycles. The van der Waals surface area contributed by atoms with Crippen molar-refractivity contribution in [2.75, 3.05) is 0 Å². The summed E-state index contributed by atoms with van der Waals surface area (Å²) in [6, 6.07) is 44.9. The van der Waals surface area contributed by atoms with Crippen LogP contribution in [0.1, 0.15) is 191 Å². The van der Waals surface area contributed by atoms with Gasteiger partial charge in [-0.2, -0.15) is 0 Å². The Labute approximate surface area is 431 Å². The SMILES string of the molecule is C#CC.C/C=C\C(C)=C(/CC)c1ccccc1C.C=C(/C=C(\CCC)c1cc(C)cc(C(C)CC)c1)c1ccccc1.C=C(C)c1ccccc1.CC.CC1=C(c2ccccc2C)CCC=C1.CCC. The molecule has 0 radical (unpaired) electrons. The molecule has 1 aliphatic rings. The summed E-state index contributed by atoms with van der Waals surface area (Å²) < 4.78 is 0. The molecule has 0 N–H and O–H groups in total. The Balaban J connectivity index is 0.000000901. The fraction of sp³-hybridized carbons (Fsp3) is 0.343. The van der Waals surface area contributed by atoms with E-state index in [9.17, 15) is 0 Å². The van der Waals surface area contributed by atoms with Gasteiger partial charge in [-0.1, -0.05) is 250 Å². The van der Waals surface area contributed by atoms with Crippen molar-refractivity contribution in [1.29, 1.82) is 0 Å². The molecular weight excluding hydrogens is 841 g/mol. The Morgan fingerprint density at radius 1 is 0.714 bits per heavy atom. The average Bonchev–Trinajstić information content (AvgIpc) is 3.37. The molecule has 374 valence electrons. The highest BCUT2D eigenvalue weighted by Crippen LogP contribution is 2.31. The van der Waals surface area contributed by atoms with E-state index < -0.39 is 0 Å². The molecule has 70 heavy (non-hydrogen) atoms. The van der Waals surface area contributed by atoms with Crippen molar-refractivity contribution >= 4 is 27.9 Å². The Kier molecular flexibility index (Phi) is 35.3. The molecular formula is C70H94. The van der Waals surface area contributed by atoms with E-state index >= 15 is 0 Å². The van der Waals surface area contributed by atoms with Gasteiger partial charge in [-0.25, -0.2) is 0 Å². The van der Waals surface area contributed by atoms with E-state index in [1.165, 1.54) is 104 Å². The second-order valence-electron chi connectivity index (χ2n) is 17.6. The van der Waals surface area contributed by atoms with Crippen molar-refractivity contribution in [2.24, 2.45) is 0 Å². The Morgan fingerprint density at radius 3 is 1.71 bits per heavy atom. The van der Waals surface area contributed by atoms with Gasteiger partial charge in [0, 0.05) is 0 Å². The van der Waals surface area contributed by atoms with Crippen LogP contribution in [0, 0.1) is 33.1 Å². The predicted octanol–water partition coefficient (Wildman–Crippen LogP) is 22.1. The van der Waals surface area contributed by atoms with Gasteiger partial charge < -0.3 is 0 Å². The van der Waals surface area contributed by atoms with Crippen molar-refractivity contribution < 1.29 is 0 Å². The minimum Gasteiger partial charge on any atom is -0.120 e. The average molecular weight is 936 g/mol. The van der Waals surface area contributed by atoms with E-state index in [0.717, 1.165) is 30.4 Å². The Morgan fingerprint density at radius 2 is 1.24 bits per heavy atom. The van der Waals surface area contributed by atoms with Gasteiger partial charge in [0.05, 0.1) is 0 Å². The molecule has 5 aromatic rings. The monoisotopic (exact) mass is 935 g/mol. The van der Waals surface area contributed by atoms with E-state index in [1.54, 1.807) is 6.92 Å². The molecule has 0 saturated carbocycles. The van der Waals surface area contributed by atoms with Crippen molar-refractivity contribution in [2.45, 2.75) is 162 Å². The zero-order valence-corrected chi connectivity index (χ0v) is 47.0. The molecule has 1 atom stereocenters. The van der Waals surface area contributed by atoms with Crippen LogP contribution in [-0.4, -0.2) is 0 Å². The van der Waals surface area contributed by atoms with Crippen LogP contribution in [0.25, 0.3) is 27.9 Å². The van der Waals surface area contributed by atoms with Gasteiger partial charge in [0.1, 0.15) is 0 Å². The summed E-state index contributed by atoms with van der Waals surface area (Å²) in [4.78, 5) is 0. The highest BCUT2D eigenvalue weighted by Gasteiger charge is 2.11. The smallest absolute Gasteiger partial charge is 0.00297 e. The van der Waals surface area contributed by atoms with E-state index in [4.69, 9.17) is 0 Å². The molecule has 0 spiro atoms. The number of terminal acetylenes is 1. The van der Waals surface area contributed by atoms with Crippen molar-refractivity contribution in [3.8, 4) is 12.3 Å². The van der Waals surface area contributed by atoms with Crippen LogP contribution in [0.4, 0.5) is 0 Å². The van der Waals surface area contributed by atoms with Gasteiger partial charge in [0.2, 0.25) is 0 Å². The van der Waals surface area contributed by atoms with E-state index in [2.05, 4.69) is 242 Å². The van der Waals surface area contributed by atoms with Crippen molar-refractivity contribution in [1.82, 2.24) is 0 Å². The highest BCUT2D eigenvalue weighted by molar-refractivity contribution is 5.83. The third kappa shape index (κ3) is 24.4. The van der Waals surface area contributed by atoms with Gasteiger partial charge >= 0.3 is 0 Å². The summed E-state index contributed by atoms with van der Waals surface area (Å²) in [6.45, 7) is 42.1. The highest BCUT2D eigenvalue weighted by atomic mass is 14.2. The van der Waals surface area contributed by atoms with Gasteiger partial charge in [-0.3, -0.25) is 0 Å². The summed E-state index contributed by atoms with van der Waals surface area (Å²) in [5, 5.41) is 0. The number of benzene rings is 5. The molecule has 0 heterocycles. The summed E-state index contributed by atoms with van der Waals surface area (Å²) in [5.41, 5.74) is 21.5. The lowest BCUT2D eigenvalue weighted by Gasteiger charge is -2.15. The number of hydrogen-bond acceptors (Lipinski definition) is 0. The molecule has 1 unspecified atom stereocenters. The molecule has 0 aliphatic heterocycles. The topological polar surface area (TPSA) is 0 Å². The van der Waals surface area contributed by atoms with Crippen molar-refractivity contribution in [3.63, 3.8) is 0 Å². The minimum atomic E-state index is 0.601. The lowest BCUT2D eigenvalue weighted by Crippen LogP contribution is -1.96. The minimum absolute atomic E-state index is 0.601. The first kappa shape index (κ1) is 63.8. The van der Waals surface area contributed by atoms with Gasteiger partial charge in [0.25, 0.3) is 0 Å². The first-order valence-corrected chi connectivity index (χ1v) is 26.1. The summed E-state index contributed by atoms with van der Waals surface area (Å²) in [5.74, 6) is 2.85. The van der Waals surface area contributed by atoms with Crippen LogP contribution < -0.4 is 0 Å². The number of allylic oxidation sites excluding steroid dienone is 12.